The van der Waals surface area contributed by atoms with Crippen LogP contribution in [0.25, 0.3) is 0 Å². The Hall–Kier alpha value is -3.12. The highest BCUT2D eigenvalue weighted by Gasteiger charge is 2.41. The van der Waals surface area contributed by atoms with Crippen LogP contribution in [-0.4, -0.2) is 50.3 Å². The number of rotatable bonds is 7. The molecule has 0 aromatic heterocycles. The highest BCUT2D eigenvalue weighted by Crippen LogP contribution is 2.48. The molecule has 0 radical (unpaired) electrons. The molecule has 2 aromatic carbocycles. The molecule has 2 N–H and O–H groups in total. The normalized spacial score (nSPS) is 19.3. The fourth-order valence-corrected chi connectivity index (χ4v) is 5.04. The van der Waals surface area contributed by atoms with E-state index in [1.54, 1.807) is 0 Å². The maximum Gasteiger partial charge on any atom is 0.239 e. The molecule has 1 aliphatic heterocycles. The summed E-state index contributed by atoms with van der Waals surface area (Å²) in [4.78, 5) is 30.9. The second-order valence-electron chi connectivity index (χ2n) is 10.4. The first-order chi connectivity index (χ1) is 16.2. The van der Waals surface area contributed by atoms with Gasteiger partial charge in [-0.3, -0.25) is 9.59 Å². The van der Waals surface area contributed by atoms with Crippen molar-refractivity contribution in [2.24, 2.45) is 5.41 Å². The first-order valence-electron chi connectivity index (χ1n) is 12.1. The van der Waals surface area contributed by atoms with Gasteiger partial charge in [-0.05, 0) is 56.6 Å². The lowest BCUT2D eigenvalue weighted by Crippen LogP contribution is -2.42. The molecule has 0 fully saturated rings. The lowest BCUT2D eigenvalue weighted by Gasteiger charge is -2.37. The van der Waals surface area contributed by atoms with Gasteiger partial charge < -0.3 is 20.4 Å². The van der Waals surface area contributed by atoms with Crippen LogP contribution in [0.15, 0.2) is 65.9 Å². The van der Waals surface area contributed by atoms with Gasteiger partial charge in [-0.15, -0.1) is 0 Å². The number of anilines is 2. The van der Waals surface area contributed by atoms with Crippen LogP contribution in [0.4, 0.5) is 11.4 Å². The first kappa shape index (κ1) is 24.0. The number of hydrogen-bond donors (Lipinski definition) is 2. The van der Waals surface area contributed by atoms with Crippen molar-refractivity contribution in [3.05, 3.63) is 71.4 Å². The second kappa shape index (κ2) is 10.0. The summed E-state index contributed by atoms with van der Waals surface area (Å²) in [6.07, 6.45) is 2.18. The molecule has 6 heteroatoms. The number of para-hydroxylation sites is 2. The van der Waals surface area contributed by atoms with Gasteiger partial charge in [-0.2, -0.15) is 0 Å². The molecule has 2 aromatic rings. The van der Waals surface area contributed by atoms with Crippen LogP contribution in [0.1, 0.15) is 44.7 Å². The van der Waals surface area contributed by atoms with Gasteiger partial charge in [0.25, 0.3) is 0 Å². The van der Waals surface area contributed by atoms with Crippen LogP contribution in [-0.2, 0) is 9.59 Å². The van der Waals surface area contributed by atoms with Gasteiger partial charge in [0, 0.05) is 24.2 Å². The van der Waals surface area contributed by atoms with Crippen molar-refractivity contribution in [2.75, 3.05) is 43.9 Å². The molecule has 1 aliphatic carbocycles. The number of allylic oxidation sites excluding steroid dienone is 1. The van der Waals surface area contributed by atoms with Crippen LogP contribution >= 0.6 is 0 Å². The van der Waals surface area contributed by atoms with E-state index in [1.165, 1.54) is 0 Å². The zero-order valence-electron chi connectivity index (χ0n) is 20.7. The van der Waals surface area contributed by atoms with Gasteiger partial charge in [0.05, 0.1) is 24.0 Å². The number of nitrogens with one attached hydrogen (secondary N) is 2. The van der Waals surface area contributed by atoms with Gasteiger partial charge >= 0.3 is 0 Å². The minimum Gasteiger partial charge on any atom is -0.357 e. The average Bonchev–Trinajstić information content (AvgIpc) is 2.91. The van der Waals surface area contributed by atoms with Crippen molar-refractivity contribution in [2.45, 2.75) is 39.2 Å². The van der Waals surface area contributed by atoms with Crippen LogP contribution in [0.3, 0.4) is 0 Å². The van der Waals surface area contributed by atoms with Crippen molar-refractivity contribution >= 4 is 23.1 Å². The fraction of sp³-hybridized carbons (Fsp3) is 0.429. The minimum absolute atomic E-state index is 0.0397. The molecule has 34 heavy (non-hydrogen) atoms. The summed E-state index contributed by atoms with van der Waals surface area (Å²) in [7, 11) is 4.06. The van der Waals surface area contributed by atoms with E-state index in [4.69, 9.17) is 0 Å². The van der Waals surface area contributed by atoms with Crippen molar-refractivity contribution in [3.63, 3.8) is 0 Å². The second-order valence-corrected chi connectivity index (χ2v) is 10.4. The van der Waals surface area contributed by atoms with Crippen LogP contribution in [0, 0.1) is 5.41 Å². The maximum atomic E-state index is 13.6. The summed E-state index contributed by atoms with van der Waals surface area (Å²) in [5, 5.41) is 6.67. The van der Waals surface area contributed by atoms with Crippen molar-refractivity contribution in [1.29, 1.82) is 0 Å². The van der Waals surface area contributed by atoms with E-state index in [0.29, 0.717) is 13.0 Å². The monoisotopic (exact) mass is 460 g/mol. The third kappa shape index (κ3) is 5.33. The van der Waals surface area contributed by atoms with E-state index in [2.05, 4.69) is 46.4 Å². The van der Waals surface area contributed by atoms with E-state index in [9.17, 15) is 9.59 Å². The summed E-state index contributed by atoms with van der Waals surface area (Å²) in [6, 6.07) is 17.8. The molecule has 4 rings (SSSR count). The molecular weight excluding hydrogens is 424 g/mol. The highest BCUT2D eigenvalue weighted by atomic mass is 16.2. The van der Waals surface area contributed by atoms with E-state index in [1.807, 2.05) is 56.6 Å². The molecule has 0 saturated carbocycles. The van der Waals surface area contributed by atoms with Crippen LogP contribution in [0.5, 0.6) is 0 Å². The largest absolute Gasteiger partial charge is 0.357 e. The highest BCUT2D eigenvalue weighted by molar-refractivity contribution is 6.01. The Labute approximate surface area is 203 Å². The van der Waals surface area contributed by atoms with E-state index in [-0.39, 0.29) is 29.7 Å². The molecule has 1 unspecified atom stereocenters. The van der Waals surface area contributed by atoms with Gasteiger partial charge in [-0.1, -0.05) is 56.3 Å². The predicted octanol–water partition coefficient (Wildman–Crippen LogP) is 4.37. The Bertz CT molecular complexity index is 1070. The molecule has 0 spiro atoms. The molecule has 1 atom stereocenters. The molecule has 0 bridgehead atoms. The summed E-state index contributed by atoms with van der Waals surface area (Å²) < 4.78 is 0. The number of fused-ring (bicyclic) bond motifs is 1. The van der Waals surface area contributed by atoms with Crippen molar-refractivity contribution < 1.29 is 9.59 Å². The Morgan fingerprint density at radius 3 is 2.53 bits per heavy atom. The van der Waals surface area contributed by atoms with Crippen LogP contribution in [0.2, 0.25) is 0 Å². The SMILES string of the molecule is CN(C)CCCNC(=O)CN1c2ccccc2NC2=C(C(=O)CC(C)(C)C2)C1c1ccccc1. The Morgan fingerprint density at radius 1 is 1.09 bits per heavy atom. The average molecular weight is 461 g/mol. The molecule has 1 heterocycles. The number of carbonyl (C=O) groups is 2. The molecular formula is C28H36N4O2. The molecule has 6 nitrogen and oxygen atoms in total. The van der Waals surface area contributed by atoms with Crippen LogP contribution < -0.4 is 15.5 Å². The Balaban J connectivity index is 1.75. The van der Waals surface area contributed by atoms with Crippen molar-refractivity contribution in [3.8, 4) is 0 Å². The topological polar surface area (TPSA) is 64.7 Å². The zero-order chi connectivity index (χ0) is 24.3. The van der Waals surface area contributed by atoms with Gasteiger partial charge in [0.15, 0.2) is 5.78 Å². The summed E-state index contributed by atoms with van der Waals surface area (Å²) >= 11 is 0. The zero-order valence-corrected chi connectivity index (χ0v) is 20.7. The third-order valence-corrected chi connectivity index (χ3v) is 6.54. The molecule has 1 amide bonds. The number of ketones is 1. The van der Waals surface area contributed by atoms with E-state index >= 15 is 0 Å². The standard InChI is InChI=1S/C28H36N4O2/c1-28(2)17-22-26(24(33)18-28)27(20-11-6-5-7-12-20)32(23-14-9-8-13-21(23)30-22)19-25(34)29-15-10-16-31(3)4/h5-9,11-14,27,30H,10,15-19H2,1-4H3,(H,29,34). The summed E-state index contributed by atoms with van der Waals surface area (Å²) in [5.41, 5.74) is 4.51. The minimum atomic E-state index is -0.330. The Kier molecular flexibility index (Phi) is 7.08. The quantitative estimate of drug-likeness (QED) is 0.601. The number of hydrogen-bond acceptors (Lipinski definition) is 5. The summed E-state index contributed by atoms with van der Waals surface area (Å²) in [5.74, 6) is 0.110. The number of nitrogens with zero attached hydrogens (tertiary/aromatic N) is 2. The van der Waals surface area contributed by atoms with E-state index in [0.717, 1.165) is 47.6 Å². The maximum absolute atomic E-state index is 13.6. The number of amides is 1. The molecule has 0 saturated heterocycles. The van der Waals surface area contributed by atoms with Gasteiger partial charge in [0.1, 0.15) is 0 Å². The van der Waals surface area contributed by atoms with Gasteiger partial charge in [-0.25, -0.2) is 0 Å². The fourth-order valence-electron chi connectivity index (χ4n) is 5.04. The van der Waals surface area contributed by atoms with Crippen molar-refractivity contribution in [1.82, 2.24) is 10.2 Å². The number of Topliss-reactive ketones (excluding diaryl/α,β-unsaturated/α-hetero) is 1. The molecule has 2 aliphatic rings. The number of carbonyl (C=O) groups excluding carboxylic acids is 2. The summed E-state index contributed by atoms with van der Waals surface area (Å²) in [6.45, 7) is 6.01. The lowest BCUT2D eigenvalue weighted by molar-refractivity contribution is -0.120. The Morgan fingerprint density at radius 2 is 1.79 bits per heavy atom. The van der Waals surface area contributed by atoms with E-state index < -0.39 is 0 Å². The van der Waals surface area contributed by atoms with Gasteiger partial charge in [0.2, 0.25) is 5.91 Å². The predicted molar refractivity (Wildman–Crippen MR) is 138 cm³/mol. The smallest absolute Gasteiger partial charge is 0.239 e. The number of benzene rings is 2. The lowest BCUT2D eigenvalue weighted by atomic mass is 9.73. The first-order valence-corrected chi connectivity index (χ1v) is 12.1. The third-order valence-electron chi connectivity index (χ3n) is 6.54. The molecule has 180 valence electrons.